The summed E-state index contributed by atoms with van der Waals surface area (Å²) >= 11 is 1.57. The zero-order chi connectivity index (χ0) is 18.6. The molecule has 0 radical (unpaired) electrons. The van der Waals surface area contributed by atoms with E-state index in [0.29, 0.717) is 5.69 Å². The van der Waals surface area contributed by atoms with Crippen LogP contribution in [0.3, 0.4) is 0 Å². The van der Waals surface area contributed by atoms with Gasteiger partial charge in [0.15, 0.2) is 0 Å². The summed E-state index contributed by atoms with van der Waals surface area (Å²) < 4.78 is 0. The molecule has 0 saturated heterocycles. The standard InChI is InChI=1S/C20H14N4O2S/c25-18-10-9-16(23-24-18)19(26)21-15-8-4-7-14(11-15)17-12-27-20(22-17)13-5-2-1-3-6-13/h1-12H,(H,21,26)(H,24,25). The van der Waals surface area contributed by atoms with Gasteiger partial charge in [-0.05, 0) is 18.2 Å². The summed E-state index contributed by atoms with van der Waals surface area (Å²) in [4.78, 5) is 28.0. The quantitative estimate of drug-likeness (QED) is 0.568. The topological polar surface area (TPSA) is 87.7 Å². The predicted octanol–water partition coefficient (Wildman–Crippen LogP) is 3.81. The molecule has 6 nitrogen and oxygen atoms in total. The van der Waals surface area contributed by atoms with Crippen molar-refractivity contribution in [2.24, 2.45) is 0 Å². The molecule has 2 aromatic heterocycles. The van der Waals surface area contributed by atoms with Crippen molar-refractivity contribution in [1.82, 2.24) is 15.2 Å². The van der Waals surface area contributed by atoms with Gasteiger partial charge in [-0.2, -0.15) is 5.10 Å². The molecule has 2 aromatic carbocycles. The number of benzene rings is 2. The summed E-state index contributed by atoms with van der Waals surface area (Å²) in [5.41, 5.74) is 3.23. The van der Waals surface area contributed by atoms with E-state index in [2.05, 4.69) is 15.5 Å². The van der Waals surface area contributed by atoms with Gasteiger partial charge in [0.1, 0.15) is 10.7 Å². The number of carbonyl (C=O) groups excluding carboxylic acids is 1. The number of hydrogen-bond donors (Lipinski definition) is 2. The molecule has 2 N–H and O–H groups in total. The van der Waals surface area contributed by atoms with Gasteiger partial charge in [0.05, 0.1) is 5.69 Å². The number of amides is 1. The fourth-order valence-electron chi connectivity index (χ4n) is 2.54. The Morgan fingerprint density at radius 2 is 1.78 bits per heavy atom. The van der Waals surface area contributed by atoms with Crippen LogP contribution in [0.5, 0.6) is 0 Å². The first kappa shape index (κ1) is 16.9. The van der Waals surface area contributed by atoms with Crippen LogP contribution in [-0.4, -0.2) is 21.1 Å². The average Bonchev–Trinajstić information content (AvgIpc) is 3.20. The zero-order valence-electron chi connectivity index (χ0n) is 14.0. The van der Waals surface area contributed by atoms with Crippen molar-refractivity contribution in [3.8, 4) is 21.8 Å². The minimum atomic E-state index is -0.397. The molecular weight excluding hydrogens is 360 g/mol. The van der Waals surface area contributed by atoms with Gasteiger partial charge in [0.25, 0.3) is 11.5 Å². The first-order valence-corrected chi connectivity index (χ1v) is 9.05. The molecular formula is C20H14N4O2S. The third-order valence-corrected chi connectivity index (χ3v) is 4.74. The molecule has 0 spiro atoms. The molecule has 0 bridgehead atoms. The number of H-pyrrole nitrogens is 1. The Morgan fingerprint density at radius 3 is 2.56 bits per heavy atom. The minimum Gasteiger partial charge on any atom is -0.321 e. The van der Waals surface area contributed by atoms with E-state index < -0.39 is 5.91 Å². The van der Waals surface area contributed by atoms with Crippen LogP contribution in [0.4, 0.5) is 5.69 Å². The summed E-state index contributed by atoms with van der Waals surface area (Å²) in [7, 11) is 0. The average molecular weight is 374 g/mol. The van der Waals surface area contributed by atoms with Crippen molar-refractivity contribution in [2.45, 2.75) is 0 Å². The van der Waals surface area contributed by atoms with Gasteiger partial charge in [-0.15, -0.1) is 11.3 Å². The Kier molecular flexibility index (Phi) is 4.59. The SMILES string of the molecule is O=C(Nc1cccc(-c2csc(-c3ccccc3)n2)c1)c1ccc(=O)[nH]n1. The second-order valence-electron chi connectivity index (χ2n) is 5.75. The lowest BCUT2D eigenvalue weighted by Crippen LogP contribution is -2.17. The van der Waals surface area contributed by atoms with Crippen molar-refractivity contribution >= 4 is 22.9 Å². The van der Waals surface area contributed by atoms with Gasteiger partial charge in [-0.25, -0.2) is 10.1 Å². The van der Waals surface area contributed by atoms with Crippen LogP contribution in [0.1, 0.15) is 10.5 Å². The predicted molar refractivity (Wildman–Crippen MR) is 106 cm³/mol. The highest BCUT2D eigenvalue weighted by atomic mass is 32.1. The van der Waals surface area contributed by atoms with Crippen LogP contribution in [0.2, 0.25) is 0 Å². The van der Waals surface area contributed by atoms with E-state index in [1.165, 1.54) is 12.1 Å². The number of nitrogens with one attached hydrogen (secondary N) is 2. The van der Waals surface area contributed by atoms with Gasteiger partial charge in [-0.3, -0.25) is 9.59 Å². The molecule has 132 valence electrons. The van der Waals surface area contributed by atoms with Crippen molar-refractivity contribution in [2.75, 3.05) is 5.32 Å². The van der Waals surface area contributed by atoms with Gasteiger partial charge in [0, 0.05) is 28.3 Å². The molecule has 0 saturated carbocycles. The molecule has 1 amide bonds. The summed E-state index contributed by atoms with van der Waals surface area (Å²) in [6.07, 6.45) is 0. The van der Waals surface area contributed by atoms with Crippen molar-refractivity contribution in [1.29, 1.82) is 0 Å². The van der Waals surface area contributed by atoms with Gasteiger partial charge >= 0.3 is 0 Å². The zero-order valence-corrected chi connectivity index (χ0v) is 14.9. The number of rotatable bonds is 4. The molecule has 0 atom stereocenters. The maximum absolute atomic E-state index is 12.3. The lowest BCUT2D eigenvalue weighted by atomic mass is 10.1. The number of carbonyl (C=O) groups is 1. The Labute approximate surface area is 158 Å². The lowest BCUT2D eigenvalue weighted by molar-refractivity contribution is 0.102. The second-order valence-corrected chi connectivity index (χ2v) is 6.60. The van der Waals surface area contributed by atoms with Gasteiger partial charge < -0.3 is 5.32 Å². The normalized spacial score (nSPS) is 10.5. The van der Waals surface area contributed by atoms with E-state index in [0.717, 1.165) is 21.8 Å². The van der Waals surface area contributed by atoms with Gasteiger partial charge in [0.2, 0.25) is 0 Å². The highest BCUT2D eigenvalue weighted by molar-refractivity contribution is 7.13. The molecule has 0 aliphatic rings. The summed E-state index contributed by atoms with van der Waals surface area (Å²) in [5, 5.41) is 11.7. The fourth-order valence-corrected chi connectivity index (χ4v) is 3.38. The van der Waals surface area contributed by atoms with E-state index in [1.54, 1.807) is 17.4 Å². The van der Waals surface area contributed by atoms with E-state index in [4.69, 9.17) is 4.98 Å². The molecule has 7 heteroatoms. The molecule has 0 fully saturated rings. The van der Waals surface area contributed by atoms with Crippen LogP contribution in [0.25, 0.3) is 21.8 Å². The number of hydrogen-bond acceptors (Lipinski definition) is 5. The second kappa shape index (κ2) is 7.35. The van der Waals surface area contributed by atoms with Crippen LogP contribution in [0.15, 0.2) is 76.9 Å². The minimum absolute atomic E-state index is 0.139. The van der Waals surface area contributed by atoms with Crippen LogP contribution < -0.4 is 10.9 Å². The van der Waals surface area contributed by atoms with Crippen LogP contribution >= 0.6 is 11.3 Å². The van der Waals surface area contributed by atoms with Crippen LogP contribution in [-0.2, 0) is 0 Å². The molecule has 2 heterocycles. The fraction of sp³-hybridized carbons (Fsp3) is 0. The number of aromatic nitrogens is 3. The molecule has 0 unspecified atom stereocenters. The molecule has 4 aromatic rings. The van der Waals surface area contributed by atoms with Gasteiger partial charge in [-0.1, -0.05) is 42.5 Å². The highest BCUT2D eigenvalue weighted by Gasteiger charge is 2.10. The van der Waals surface area contributed by atoms with E-state index in [9.17, 15) is 9.59 Å². The van der Waals surface area contributed by atoms with Crippen molar-refractivity contribution < 1.29 is 4.79 Å². The summed E-state index contributed by atoms with van der Waals surface area (Å²) in [6, 6.07) is 20.1. The van der Waals surface area contributed by atoms with Crippen molar-refractivity contribution in [3.05, 3.63) is 88.2 Å². The maximum Gasteiger partial charge on any atom is 0.276 e. The molecule has 4 rings (SSSR count). The monoisotopic (exact) mass is 374 g/mol. The van der Waals surface area contributed by atoms with Crippen LogP contribution in [0, 0.1) is 0 Å². The third-order valence-electron chi connectivity index (χ3n) is 3.85. The number of aromatic amines is 1. The van der Waals surface area contributed by atoms with E-state index in [1.807, 2.05) is 53.9 Å². The molecule has 27 heavy (non-hydrogen) atoms. The molecule has 0 aliphatic carbocycles. The van der Waals surface area contributed by atoms with E-state index in [-0.39, 0.29) is 11.3 Å². The van der Waals surface area contributed by atoms with E-state index >= 15 is 0 Å². The third kappa shape index (κ3) is 3.83. The number of nitrogens with zero attached hydrogens (tertiary/aromatic N) is 2. The number of anilines is 1. The number of thiazole rings is 1. The largest absolute Gasteiger partial charge is 0.321 e. The smallest absolute Gasteiger partial charge is 0.276 e. The summed E-state index contributed by atoms with van der Waals surface area (Å²) in [6.45, 7) is 0. The Morgan fingerprint density at radius 1 is 0.963 bits per heavy atom. The summed E-state index contributed by atoms with van der Waals surface area (Å²) in [5.74, 6) is -0.397. The Balaban J connectivity index is 1.56. The lowest BCUT2D eigenvalue weighted by Gasteiger charge is -2.06. The first-order valence-electron chi connectivity index (χ1n) is 8.17. The highest BCUT2D eigenvalue weighted by Crippen LogP contribution is 2.29. The Bertz CT molecular complexity index is 1130. The first-order chi connectivity index (χ1) is 13.2. The van der Waals surface area contributed by atoms with Crippen molar-refractivity contribution in [3.63, 3.8) is 0 Å². The Hall–Kier alpha value is -3.58. The maximum atomic E-state index is 12.3. The molecule has 0 aliphatic heterocycles.